The molecule has 0 aliphatic carbocycles. The van der Waals surface area contributed by atoms with E-state index >= 15 is 0 Å². The lowest BCUT2D eigenvalue weighted by Gasteiger charge is -2.06. The van der Waals surface area contributed by atoms with Gasteiger partial charge in [0.2, 0.25) is 0 Å². The number of nitrogens with zero attached hydrogens (tertiary/aromatic N) is 2. The lowest BCUT2D eigenvalue weighted by atomic mass is 10.0. The van der Waals surface area contributed by atoms with Crippen LogP contribution in [0.2, 0.25) is 0 Å². The summed E-state index contributed by atoms with van der Waals surface area (Å²) >= 11 is 0. The molecule has 0 saturated carbocycles. The highest BCUT2D eigenvalue weighted by atomic mass is 16.1. The maximum Gasteiger partial charge on any atom is 0.164 e. The summed E-state index contributed by atoms with van der Waals surface area (Å²) in [6.07, 6.45) is 11.5. The molecule has 0 aliphatic heterocycles. The van der Waals surface area contributed by atoms with Crippen LogP contribution in [0.4, 0.5) is 0 Å². The predicted octanol–water partition coefficient (Wildman–Crippen LogP) is 5.06. The Morgan fingerprint density at radius 2 is 1.57 bits per heavy atom. The number of carbonyl (C=O) groups excluding carboxylic acids is 1. The Morgan fingerprint density at radius 1 is 0.952 bits per heavy atom. The standard InChI is InChI=1S/C18H30N2O/c1-4-6-7-8-9-10-11-12-13-18(21)16-14-15(3)19-20-17(16)5-2/h14H,4-13H2,1-3H3. The van der Waals surface area contributed by atoms with Crippen molar-refractivity contribution in [2.75, 3.05) is 0 Å². The van der Waals surface area contributed by atoms with Gasteiger partial charge in [-0.05, 0) is 25.8 Å². The first-order valence-corrected chi connectivity index (χ1v) is 8.55. The summed E-state index contributed by atoms with van der Waals surface area (Å²) in [5.74, 6) is 0.232. The van der Waals surface area contributed by atoms with Crippen LogP contribution in [0.1, 0.15) is 93.4 Å². The van der Waals surface area contributed by atoms with Crippen molar-refractivity contribution in [1.29, 1.82) is 0 Å². The molecular formula is C18H30N2O. The molecule has 0 fully saturated rings. The van der Waals surface area contributed by atoms with Gasteiger partial charge in [-0.15, -0.1) is 0 Å². The summed E-state index contributed by atoms with van der Waals surface area (Å²) in [5, 5.41) is 8.17. The molecule has 21 heavy (non-hydrogen) atoms. The second-order valence-corrected chi connectivity index (χ2v) is 5.85. The number of rotatable bonds is 11. The highest BCUT2D eigenvalue weighted by molar-refractivity contribution is 5.97. The van der Waals surface area contributed by atoms with Gasteiger partial charge in [-0.25, -0.2) is 0 Å². The van der Waals surface area contributed by atoms with Gasteiger partial charge < -0.3 is 0 Å². The molecule has 118 valence electrons. The third-order valence-electron chi connectivity index (χ3n) is 3.89. The zero-order chi connectivity index (χ0) is 15.5. The molecule has 0 atom stereocenters. The van der Waals surface area contributed by atoms with E-state index in [0.717, 1.165) is 36.2 Å². The fourth-order valence-corrected chi connectivity index (χ4v) is 2.57. The predicted molar refractivity (Wildman–Crippen MR) is 87.7 cm³/mol. The average Bonchev–Trinajstić information content (AvgIpc) is 2.49. The number of Topliss-reactive ketones (excluding diaryl/α,β-unsaturated/α-hetero) is 1. The molecule has 0 unspecified atom stereocenters. The van der Waals surface area contributed by atoms with Gasteiger partial charge in [0.1, 0.15) is 0 Å². The molecule has 1 aromatic rings. The largest absolute Gasteiger partial charge is 0.294 e. The van der Waals surface area contributed by atoms with Crippen molar-refractivity contribution in [3.8, 4) is 0 Å². The SMILES string of the molecule is CCCCCCCCCCC(=O)c1cc(C)nnc1CC. The van der Waals surface area contributed by atoms with Gasteiger partial charge >= 0.3 is 0 Å². The molecule has 0 spiro atoms. The zero-order valence-electron chi connectivity index (χ0n) is 14.0. The minimum Gasteiger partial charge on any atom is -0.294 e. The van der Waals surface area contributed by atoms with Crippen LogP contribution in [0.3, 0.4) is 0 Å². The van der Waals surface area contributed by atoms with Crippen molar-refractivity contribution in [3.63, 3.8) is 0 Å². The smallest absolute Gasteiger partial charge is 0.164 e. The van der Waals surface area contributed by atoms with Gasteiger partial charge in [-0.3, -0.25) is 4.79 Å². The Balaban J connectivity index is 2.26. The highest BCUT2D eigenvalue weighted by Crippen LogP contribution is 2.14. The van der Waals surface area contributed by atoms with Crippen LogP contribution in [0.15, 0.2) is 6.07 Å². The zero-order valence-corrected chi connectivity index (χ0v) is 14.0. The van der Waals surface area contributed by atoms with Crippen molar-refractivity contribution < 1.29 is 4.79 Å². The monoisotopic (exact) mass is 290 g/mol. The fourth-order valence-electron chi connectivity index (χ4n) is 2.57. The highest BCUT2D eigenvalue weighted by Gasteiger charge is 2.12. The molecule has 0 amide bonds. The van der Waals surface area contributed by atoms with Gasteiger partial charge in [-0.2, -0.15) is 10.2 Å². The molecule has 0 aliphatic rings. The van der Waals surface area contributed by atoms with Crippen LogP contribution in [-0.2, 0) is 6.42 Å². The van der Waals surface area contributed by atoms with Crippen LogP contribution in [0.25, 0.3) is 0 Å². The van der Waals surface area contributed by atoms with Gasteiger partial charge in [0.05, 0.1) is 11.4 Å². The summed E-state index contributed by atoms with van der Waals surface area (Å²) in [6, 6.07) is 1.89. The van der Waals surface area contributed by atoms with Crippen molar-refractivity contribution >= 4 is 5.78 Å². The number of aromatic nitrogens is 2. The maximum absolute atomic E-state index is 12.3. The lowest BCUT2D eigenvalue weighted by Crippen LogP contribution is -2.07. The van der Waals surface area contributed by atoms with Crippen LogP contribution < -0.4 is 0 Å². The Labute approximate surface area is 129 Å². The van der Waals surface area contributed by atoms with E-state index in [-0.39, 0.29) is 5.78 Å². The van der Waals surface area contributed by atoms with Gasteiger partial charge in [0.25, 0.3) is 0 Å². The summed E-state index contributed by atoms with van der Waals surface area (Å²) in [5.41, 5.74) is 2.45. The number of ketones is 1. The Bertz CT molecular complexity index is 429. The van der Waals surface area contributed by atoms with Gasteiger partial charge in [-0.1, -0.05) is 58.8 Å². The van der Waals surface area contributed by atoms with Crippen molar-refractivity contribution in [2.45, 2.75) is 85.0 Å². The van der Waals surface area contributed by atoms with Crippen LogP contribution >= 0.6 is 0 Å². The van der Waals surface area contributed by atoms with E-state index in [1.54, 1.807) is 0 Å². The number of aryl methyl sites for hydroxylation is 2. The van der Waals surface area contributed by atoms with Crippen LogP contribution in [0.5, 0.6) is 0 Å². The van der Waals surface area contributed by atoms with E-state index in [1.807, 2.05) is 19.9 Å². The summed E-state index contributed by atoms with van der Waals surface area (Å²) in [6.45, 7) is 6.15. The lowest BCUT2D eigenvalue weighted by molar-refractivity contribution is 0.0977. The molecule has 3 nitrogen and oxygen atoms in total. The molecule has 0 saturated heterocycles. The van der Waals surface area contributed by atoms with Crippen LogP contribution in [0, 0.1) is 6.92 Å². The van der Waals surface area contributed by atoms with Crippen molar-refractivity contribution in [3.05, 3.63) is 23.0 Å². The average molecular weight is 290 g/mol. The van der Waals surface area contributed by atoms with Crippen molar-refractivity contribution in [1.82, 2.24) is 10.2 Å². The number of hydrogen-bond donors (Lipinski definition) is 0. The van der Waals surface area contributed by atoms with Crippen molar-refractivity contribution in [2.24, 2.45) is 0 Å². The van der Waals surface area contributed by atoms with E-state index < -0.39 is 0 Å². The molecule has 1 rings (SSSR count). The molecule has 3 heteroatoms. The molecular weight excluding hydrogens is 260 g/mol. The first-order chi connectivity index (χ1) is 10.2. The molecule has 0 N–H and O–H groups in total. The van der Waals surface area contributed by atoms with E-state index in [2.05, 4.69) is 17.1 Å². The Hall–Kier alpha value is -1.25. The quantitative estimate of drug-likeness (QED) is 0.422. The number of hydrogen-bond acceptors (Lipinski definition) is 3. The molecule has 0 radical (unpaired) electrons. The molecule has 1 aromatic heterocycles. The van der Waals surface area contributed by atoms with Gasteiger partial charge in [0.15, 0.2) is 5.78 Å². The number of carbonyl (C=O) groups is 1. The molecule has 0 aromatic carbocycles. The van der Waals surface area contributed by atoms with E-state index in [1.165, 1.54) is 38.5 Å². The van der Waals surface area contributed by atoms with E-state index in [9.17, 15) is 4.79 Å². The second kappa shape index (κ2) is 10.5. The third kappa shape index (κ3) is 6.83. The minimum atomic E-state index is 0.232. The first kappa shape index (κ1) is 17.8. The van der Waals surface area contributed by atoms with E-state index in [4.69, 9.17) is 0 Å². The van der Waals surface area contributed by atoms with Gasteiger partial charge in [0, 0.05) is 12.0 Å². The summed E-state index contributed by atoms with van der Waals surface area (Å²) in [4.78, 5) is 12.3. The molecule has 1 heterocycles. The first-order valence-electron chi connectivity index (χ1n) is 8.55. The van der Waals surface area contributed by atoms with Crippen LogP contribution in [-0.4, -0.2) is 16.0 Å². The maximum atomic E-state index is 12.3. The fraction of sp³-hybridized carbons (Fsp3) is 0.722. The third-order valence-corrected chi connectivity index (χ3v) is 3.89. The Morgan fingerprint density at radius 3 is 2.19 bits per heavy atom. The molecule has 0 bridgehead atoms. The summed E-state index contributed by atoms with van der Waals surface area (Å²) < 4.78 is 0. The summed E-state index contributed by atoms with van der Waals surface area (Å²) in [7, 11) is 0. The number of unbranched alkanes of at least 4 members (excludes halogenated alkanes) is 7. The van der Waals surface area contributed by atoms with E-state index in [0.29, 0.717) is 6.42 Å². The normalized spacial score (nSPS) is 10.8. The second-order valence-electron chi connectivity index (χ2n) is 5.85. The Kier molecular flexibility index (Phi) is 8.88. The topological polar surface area (TPSA) is 42.9 Å². The minimum absolute atomic E-state index is 0.232.